The third kappa shape index (κ3) is 9.02. The molecule has 316 valence electrons. The van der Waals surface area contributed by atoms with Crippen LogP contribution in [-0.4, -0.2) is 66.7 Å². The molecule has 5 heterocycles. The maximum atomic E-state index is 14.1. The molecule has 1 fully saturated rings. The zero-order chi connectivity index (χ0) is 42.9. The normalized spacial score (nSPS) is 17.4. The number of hydrogen-bond donors (Lipinski definition) is 2. The second kappa shape index (κ2) is 17.9. The molecule has 13 heteroatoms. The Hall–Kier alpha value is -5.01. The molecule has 1 saturated heterocycles. The van der Waals surface area contributed by atoms with E-state index in [0.717, 1.165) is 87.3 Å². The number of aliphatic imine (C=N–C) groups is 1. The third-order valence-electron chi connectivity index (χ3n) is 12.0. The first kappa shape index (κ1) is 43.1. The highest BCUT2D eigenvalue weighted by atomic mass is 32.1. The number of benzene rings is 2. The fourth-order valence-electron chi connectivity index (χ4n) is 8.35. The molecule has 7 rings (SSSR count). The Labute approximate surface area is 362 Å². The van der Waals surface area contributed by atoms with E-state index in [-0.39, 0.29) is 29.8 Å². The van der Waals surface area contributed by atoms with Crippen LogP contribution < -0.4 is 10.6 Å². The zero-order valence-electron chi connectivity index (χ0n) is 36.4. The van der Waals surface area contributed by atoms with Crippen LogP contribution >= 0.6 is 22.7 Å². The van der Waals surface area contributed by atoms with E-state index in [0.29, 0.717) is 19.4 Å². The van der Waals surface area contributed by atoms with E-state index in [2.05, 4.69) is 87.6 Å². The summed E-state index contributed by atoms with van der Waals surface area (Å²) in [5, 5.41) is 16.2. The van der Waals surface area contributed by atoms with Crippen LogP contribution in [0.15, 0.2) is 59.0 Å². The fraction of sp³-hybridized carbons (Fsp3) is 0.468. The van der Waals surface area contributed by atoms with Crippen LogP contribution in [0.1, 0.15) is 135 Å². The van der Waals surface area contributed by atoms with Crippen molar-refractivity contribution in [3.8, 4) is 15.4 Å². The van der Waals surface area contributed by atoms with Crippen molar-refractivity contribution in [3.05, 3.63) is 104 Å². The summed E-state index contributed by atoms with van der Waals surface area (Å²) in [6.07, 6.45) is 5.15. The SMILES string of the molecule is Cc1ncsc1-c1ccc(C(C)NC(=O)C2CCCN2C(=O)C(NC(=O)CCCCCc2ccc(C3=NC(C)c4nnc(C)n4-c4sc(C)c(C)c43)cc2)C(C)(C)C)cc1. The molecule has 0 aliphatic carbocycles. The van der Waals surface area contributed by atoms with Crippen LogP contribution in [-0.2, 0) is 20.8 Å². The molecule has 11 nitrogen and oxygen atoms in total. The van der Waals surface area contributed by atoms with E-state index >= 15 is 0 Å². The van der Waals surface area contributed by atoms with Gasteiger partial charge in [0, 0.05) is 29.0 Å². The molecule has 60 heavy (non-hydrogen) atoms. The lowest BCUT2D eigenvalue weighted by molar-refractivity contribution is -0.144. The number of thiophene rings is 1. The lowest BCUT2D eigenvalue weighted by Crippen LogP contribution is -2.57. The van der Waals surface area contributed by atoms with E-state index in [1.54, 1.807) is 27.6 Å². The van der Waals surface area contributed by atoms with Crippen molar-refractivity contribution in [3.63, 3.8) is 0 Å². The van der Waals surface area contributed by atoms with Gasteiger partial charge in [0.15, 0.2) is 5.82 Å². The van der Waals surface area contributed by atoms with Crippen molar-refractivity contribution >= 4 is 46.1 Å². The minimum Gasteiger partial charge on any atom is -0.348 e. The Morgan fingerprint density at radius 1 is 0.917 bits per heavy atom. The van der Waals surface area contributed by atoms with Crippen LogP contribution in [0.3, 0.4) is 0 Å². The number of nitrogens with zero attached hydrogens (tertiary/aromatic N) is 6. The molecule has 3 aromatic heterocycles. The van der Waals surface area contributed by atoms with Crippen molar-refractivity contribution < 1.29 is 14.4 Å². The number of rotatable bonds is 13. The number of aryl methyl sites for hydroxylation is 4. The van der Waals surface area contributed by atoms with Crippen molar-refractivity contribution in [1.29, 1.82) is 0 Å². The predicted octanol–water partition coefficient (Wildman–Crippen LogP) is 9.10. The minimum atomic E-state index is -0.738. The van der Waals surface area contributed by atoms with Gasteiger partial charge in [-0.1, -0.05) is 75.7 Å². The highest BCUT2D eigenvalue weighted by Crippen LogP contribution is 2.39. The van der Waals surface area contributed by atoms with Crippen molar-refractivity contribution in [2.24, 2.45) is 10.4 Å². The van der Waals surface area contributed by atoms with E-state index in [4.69, 9.17) is 4.99 Å². The summed E-state index contributed by atoms with van der Waals surface area (Å²) >= 11 is 3.38. The first-order valence-electron chi connectivity index (χ1n) is 21.2. The van der Waals surface area contributed by atoms with Gasteiger partial charge < -0.3 is 15.5 Å². The molecule has 5 aromatic rings. The summed E-state index contributed by atoms with van der Waals surface area (Å²) in [5.74, 6) is 1.23. The molecule has 0 radical (unpaired) electrons. The van der Waals surface area contributed by atoms with Crippen molar-refractivity contribution in [2.45, 2.75) is 131 Å². The summed E-state index contributed by atoms with van der Waals surface area (Å²) < 4.78 is 2.16. The Morgan fingerprint density at radius 3 is 2.32 bits per heavy atom. The van der Waals surface area contributed by atoms with Crippen molar-refractivity contribution in [2.75, 3.05) is 6.54 Å². The lowest BCUT2D eigenvalue weighted by Gasteiger charge is -2.35. The summed E-state index contributed by atoms with van der Waals surface area (Å²) in [7, 11) is 0. The maximum Gasteiger partial charge on any atom is 0.246 e. The second-order valence-corrected chi connectivity index (χ2v) is 19.5. The number of thiazole rings is 1. The van der Waals surface area contributed by atoms with Gasteiger partial charge in [0.25, 0.3) is 0 Å². The number of carbonyl (C=O) groups is 3. The zero-order valence-corrected chi connectivity index (χ0v) is 38.0. The van der Waals surface area contributed by atoms with Crippen LogP contribution in [0.2, 0.25) is 0 Å². The van der Waals surface area contributed by atoms with Crippen molar-refractivity contribution in [1.82, 2.24) is 35.3 Å². The molecule has 0 saturated carbocycles. The first-order chi connectivity index (χ1) is 28.6. The van der Waals surface area contributed by atoms with E-state index in [1.807, 2.05) is 59.2 Å². The molecule has 2 aliphatic rings. The van der Waals surface area contributed by atoms with E-state index < -0.39 is 17.5 Å². The molecule has 4 unspecified atom stereocenters. The van der Waals surface area contributed by atoms with Gasteiger partial charge in [0.1, 0.15) is 29.0 Å². The number of amides is 3. The Kier molecular flexibility index (Phi) is 12.9. The van der Waals surface area contributed by atoms with Crippen LogP contribution in [0.4, 0.5) is 0 Å². The average molecular weight is 847 g/mol. The van der Waals surface area contributed by atoms with Gasteiger partial charge in [0.05, 0.1) is 27.8 Å². The molecule has 0 bridgehead atoms. The number of nitrogens with one attached hydrogen (secondary N) is 2. The summed E-state index contributed by atoms with van der Waals surface area (Å²) in [6.45, 7) is 18.7. The highest BCUT2D eigenvalue weighted by Gasteiger charge is 2.42. The number of carbonyl (C=O) groups excluding carboxylic acids is 3. The smallest absolute Gasteiger partial charge is 0.246 e. The van der Waals surface area contributed by atoms with Gasteiger partial charge in [-0.3, -0.25) is 23.9 Å². The van der Waals surface area contributed by atoms with Gasteiger partial charge in [0.2, 0.25) is 17.7 Å². The van der Waals surface area contributed by atoms with Gasteiger partial charge in [-0.15, -0.1) is 32.9 Å². The molecule has 0 spiro atoms. The molecule has 2 aliphatic heterocycles. The predicted molar refractivity (Wildman–Crippen MR) is 241 cm³/mol. The number of aromatic nitrogens is 4. The van der Waals surface area contributed by atoms with Gasteiger partial charge in [-0.05, 0) is 101 Å². The summed E-state index contributed by atoms with van der Waals surface area (Å²) in [4.78, 5) is 54.7. The number of likely N-dealkylation sites (tertiary alicyclic amines) is 1. The van der Waals surface area contributed by atoms with Crippen LogP contribution in [0.5, 0.6) is 0 Å². The molecular formula is C47H58N8O3S2. The number of unbranched alkanes of at least 4 members (excludes halogenated alkanes) is 2. The van der Waals surface area contributed by atoms with E-state index in [9.17, 15) is 14.4 Å². The fourth-order valence-corrected chi connectivity index (χ4v) is 10.4. The number of fused-ring (bicyclic) bond motifs is 3. The topological polar surface area (TPSA) is 134 Å². The highest BCUT2D eigenvalue weighted by molar-refractivity contribution is 7.15. The molecule has 2 N–H and O–H groups in total. The summed E-state index contributed by atoms with van der Waals surface area (Å²) in [5.41, 5.74) is 10.1. The number of hydrogen-bond acceptors (Lipinski definition) is 9. The summed E-state index contributed by atoms with van der Waals surface area (Å²) in [6, 6.07) is 15.2. The standard InChI is InChI=1S/C47H58N8O3S2/c1-27-31(5)60-46-39(27)40(49-30(4)43-53-52-32(6)55(43)46)35-19-17-33(18-20-35)14-11-10-12-16-38(56)51-42(47(7,8)9)45(58)54-25-13-15-37(54)44(57)50-28(2)34-21-23-36(24-22-34)41-29(3)48-26-59-41/h17-24,26,28,30,37,42H,10-16,25H2,1-9H3,(H,50,57)(H,51,56). The lowest BCUT2D eigenvalue weighted by atomic mass is 9.85. The van der Waals surface area contributed by atoms with Gasteiger partial charge in [-0.25, -0.2) is 4.98 Å². The Bertz CT molecular complexity index is 2380. The third-order valence-corrected chi connectivity index (χ3v) is 14.2. The second-order valence-electron chi connectivity index (χ2n) is 17.5. The Balaban J connectivity index is 0.898. The molecule has 3 amide bonds. The van der Waals surface area contributed by atoms with Gasteiger partial charge in [-0.2, -0.15) is 0 Å². The largest absolute Gasteiger partial charge is 0.348 e. The monoisotopic (exact) mass is 846 g/mol. The van der Waals surface area contributed by atoms with Crippen LogP contribution in [0.25, 0.3) is 15.4 Å². The minimum absolute atomic E-state index is 0.124. The van der Waals surface area contributed by atoms with Crippen LogP contribution in [0, 0.1) is 33.1 Å². The first-order valence-corrected chi connectivity index (χ1v) is 22.9. The average Bonchev–Trinajstić information content (AvgIpc) is 4.01. The van der Waals surface area contributed by atoms with Gasteiger partial charge >= 0.3 is 0 Å². The molecule has 4 atom stereocenters. The Morgan fingerprint density at radius 2 is 1.63 bits per heavy atom. The molecule has 2 aromatic carbocycles. The quantitative estimate of drug-likeness (QED) is 0.114. The molecular weight excluding hydrogens is 789 g/mol. The maximum absolute atomic E-state index is 14.1. The van der Waals surface area contributed by atoms with E-state index in [1.165, 1.54) is 16.0 Å².